The van der Waals surface area contributed by atoms with Crippen molar-refractivity contribution in [2.45, 2.75) is 44.6 Å². The molecule has 4 heterocycles. The Morgan fingerprint density at radius 2 is 2.17 bits per heavy atom. The number of aryl methyl sites for hydroxylation is 3. The van der Waals surface area contributed by atoms with Crippen LogP contribution in [0.3, 0.4) is 0 Å². The maximum absolute atomic E-state index is 12.8. The van der Waals surface area contributed by atoms with Gasteiger partial charge in [0.1, 0.15) is 11.9 Å². The third-order valence-electron chi connectivity index (χ3n) is 7.48. The number of benzene rings is 1. The SMILES string of the molecule is Cn1ncc2ccc(C(=O)NC(CCN3CCC(CCc4ccc5c(n4)NCCC5)C3)C(=O)O)cc21. The van der Waals surface area contributed by atoms with E-state index >= 15 is 0 Å². The molecule has 1 saturated heterocycles. The van der Waals surface area contributed by atoms with Crippen LogP contribution in [0, 0.1) is 5.92 Å². The number of anilines is 1. The molecule has 0 saturated carbocycles. The Hall–Kier alpha value is -3.46. The van der Waals surface area contributed by atoms with Gasteiger partial charge < -0.3 is 20.6 Å². The third kappa shape index (κ3) is 5.51. The van der Waals surface area contributed by atoms with E-state index in [9.17, 15) is 14.7 Å². The Kier molecular flexibility index (Phi) is 7.18. The summed E-state index contributed by atoms with van der Waals surface area (Å²) in [5, 5.41) is 21.0. The van der Waals surface area contributed by atoms with Crippen molar-refractivity contribution in [1.29, 1.82) is 0 Å². The van der Waals surface area contributed by atoms with E-state index in [1.807, 2.05) is 13.1 Å². The van der Waals surface area contributed by atoms with Crippen molar-refractivity contribution in [3.63, 3.8) is 0 Å². The van der Waals surface area contributed by atoms with Crippen molar-refractivity contribution in [3.05, 3.63) is 53.3 Å². The Morgan fingerprint density at radius 1 is 1.28 bits per heavy atom. The predicted molar refractivity (Wildman–Crippen MR) is 138 cm³/mol. The topological polar surface area (TPSA) is 112 Å². The number of hydrogen-bond acceptors (Lipinski definition) is 6. The molecule has 0 spiro atoms. The quantitative estimate of drug-likeness (QED) is 0.423. The first-order valence-corrected chi connectivity index (χ1v) is 12.9. The summed E-state index contributed by atoms with van der Waals surface area (Å²) in [6.45, 7) is 3.57. The molecule has 2 aromatic heterocycles. The number of nitrogens with zero attached hydrogens (tertiary/aromatic N) is 4. The lowest BCUT2D eigenvalue weighted by Gasteiger charge is -2.20. The molecule has 1 aromatic carbocycles. The Labute approximate surface area is 210 Å². The van der Waals surface area contributed by atoms with Gasteiger partial charge in [-0.2, -0.15) is 5.10 Å². The zero-order valence-electron chi connectivity index (χ0n) is 20.7. The second kappa shape index (κ2) is 10.7. The van der Waals surface area contributed by atoms with E-state index in [1.165, 1.54) is 12.0 Å². The van der Waals surface area contributed by atoms with Crippen LogP contribution in [0.5, 0.6) is 0 Å². The lowest BCUT2D eigenvalue weighted by molar-refractivity contribution is -0.139. The molecule has 2 unspecified atom stereocenters. The van der Waals surface area contributed by atoms with Crippen LogP contribution < -0.4 is 10.6 Å². The van der Waals surface area contributed by atoms with Gasteiger partial charge in [-0.25, -0.2) is 9.78 Å². The van der Waals surface area contributed by atoms with Crippen molar-refractivity contribution in [2.24, 2.45) is 13.0 Å². The zero-order chi connectivity index (χ0) is 25.1. The minimum atomic E-state index is -1.01. The number of carboxylic acids is 1. The number of likely N-dealkylation sites (tertiary alicyclic amines) is 1. The normalized spacial score (nSPS) is 18.5. The number of rotatable bonds is 9. The van der Waals surface area contributed by atoms with Gasteiger partial charge in [-0.15, -0.1) is 0 Å². The highest BCUT2D eigenvalue weighted by Gasteiger charge is 2.26. The third-order valence-corrected chi connectivity index (χ3v) is 7.48. The van der Waals surface area contributed by atoms with Gasteiger partial charge in [0, 0.05) is 43.3 Å². The highest BCUT2D eigenvalue weighted by Crippen LogP contribution is 2.24. The monoisotopic (exact) mass is 490 g/mol. The highest BCUT2D eigenvalue weighted by atomic mass is 16.4. The second-order valence-corrected chi connectivity index (χ2v) is 10.0. The van der Waals surface area contributed by atoms with Gasteiger partial charge in [0.2, 0.25) is 0 Å². The summed E-state index contributed by atoms with van der Waals surface area (Å²) in [7, 11) is 1.81. The highest BCUT2D eigenvalue weighted by molar-refractivity contribution is 5.99. The Bertz CT molecular complexity index is 1260. The van der Waals surface area contributed by atoms with E-state index in [-0.39, 0.29) is 5.91 Å². The molecule has 1 fully saturated rings. The van der Waals surface area contributed by atoms with E-state index in [2.05, 4.69) is 32.8 Å². The fraction of sp³-hybridized carbons (Fsp3) is 0.481. The van der Waals surface area contributed by atoms with Crippen LogP contribution in [0.25, 0.3) is 10.9 Å². The molecular weight excluding hydrogens is 456 g/mol. The van der Waals surface area contributed by atoms with Gasteiger partial charge in [0.15, 0.2) is 0 Å². The number of aromatic nitrogens is 3. The number of carbonyl (C=O) groups excluding carboxylic acids is 1. The van der Waals surface area contributed by atoms with Crippen molar-refractivity contribution in [3.8, 4) is 0 Å². The Morgan fingerprint density at radius 3 is 3.03 bits per heavy atom. The molecule has 2 atom stereocenters. The van der Waals surface area contributed by atoms with Gasteiger partial charge in [0.25, 0.3) is 5.91 Å². The standard InChI is InChI=1S/C27H34N6O3/c1-32-24-15-20(5-6-21(24)16-29-32)26(34)31-23(27(35)36)11-14-33-13-10-18(17-33)4-8-22-9-7-19-3-2-12-28-25(19)30-22/h5-7,9,15-16,18,23H,2-4,8,10-14,17H2,1H3,(H,28,30)(H,31,34)(H,35,36). The lowest BCUT2D eigenvalue weighted by atomic mass is 10.00. The summed E-state index contributed by atoms with van der Waals surface area (Å²) in [6, 6.07) is 8.72. The molecule has 5 rings (SSSR count). The second-order valence-electron chi connectivity index (χ2n) is 10.0. The van der Waals surface area contributed by atoms with E-state index < -0.39 is 12.0 Å². The summed E-state index contributed by atoms with van der Waals surface area (Å²) < 4.78 is 1.70. The molecule has 3 N–H and O–H groups in total. The first kappa shape index (κ1) is 24.2. The number of carboxylic acid groups (broad SMARTS) is 1. The molecule has 0 aliphatic carbocycles. The van der Waals surface area contributed by atoms with Gasteiger partial charge in [-0.1, -0.05) is 12.1 Å². The molecule has 1 amide bonds. The van der Waals surface area contributed by atoms with E-state index in [0.29, 0.717) is 24.4 Å². The van der Waals surface area contributed by atoms with Crippen LogP contribution in [0.1, 0.15) is 47.3 Å². The zero-order valence-corrected chi connectivity index (χ0v) is 20.7. The first-order chi connectivity index (χ1) is 17.5. The van der Waals surface area contributed by atoms with Crippen LogP contribution in [0.15, 0.2) is 36.5 Å². The Balaban J connectivity index is 1.10. The van der Waals surface area contributed by atoms with Crippen LogP contribution in [-0.2, 0) is 24.7 Å². The number of aliphatic carboxylic acids is 1. The van der Waals surface area contributed by atoms with Crippen molar-refractivity contribution in [2.75, 3.05) is 31.5 Å². The predicted octanol–water partition coefficient (Wildman–Crippen LogP) is 2.85. The number of pyridine rings is 1. The van der Waals surface area contributed by atoms with E-state index in [4.69, 9.17) is 4.98 Å². The molecular formula is C27H34N6O3. The van der Waals surface area contributed by atoms with E-state index in [1.54, 1.807) is 23.0 Å². The van der Waals surface area contributed by atoms with Crippen LogP contribution in [0.4, 0.5) is 5.82 Å². The molecule has 0 bridgehead atoms. The molecule has 9 heteroatoms. The lowest BCUT2D eigenvalue weighted by Crippen LogP contribution is -2.43. The largest absolute Gasteiger partial charge is 0.480 e. The van der Waals surface area contributed by atoms with Crippen molar-refractivity contribution < 1.29 is 14.7 Å². The number of hydrogen-bond donors (Lipinski definition) is 3. The average molecular weight is 491 g/mol. The number of amides is 1. The molecule has 9 nitrogen and oxygen atoms in total. The molecule has 36 heavy (non-hydrogen) atoms. The molecule has 0 radical (unpaired) electrons. The van der Waals surface area contributed by atoms with Crippen molar-refractivity contribution >= 4 is 28.6 Å². The smallest absolute Gasteiger partial charge is 0.326 e. The molecule has 2 aliphatic rings. The molecule has 190 valence electrons. The number of nitrogens with one attached hydrogen (secondary N) is 2. The minimum absolute atomic E-state index is 0.375. The molecule has 2 aliphatic heterocycles. The first-order valence-electron chi connectivity index (χ1n) is 12.9. The summed E-state index contributed by atoms with van der Waals surface area (Å²) in [6.07, 6.45) is 7.53. The fourth-order valence-electron chi connectivity index (χ4n) is 5.31. The summed E-state index contributed by atoms with van der Waals surface area (Å²) in [5.74, 6) is 0.248. The average Bonchev–Trinajstić information content (AvgIpc) is 3.50. The van der Waals surface area contributed by atoms with Crippen LogP contribution in [-0.4, -0.2) is 68.9 Å². The maximum atomic E-state index is 12.8. The van der Waals surface area contributed by atoms with Crippen molar-refractivity contribution in [1.82, 2.24) is 25.0 Å². The summed E-state index contributed by atoms with van der Waals surface area (Å²) in [4.78, 5) is 31.8. The fourth-order valence-corrected chi connectivity index (χ4v) is 5.31. The summed E-state index contributed by atoms with van der Waals surface area (Å²) >= 11 is 0. The summed E-state index contributed by atoms with van der Waals surface area (Å²) in [5.41, 5.74) is 3.72. The maximum Gasteiger partial charge on any atom is 0.326 e. The molecule has 3 aromatic rings. The van der Waals surface area contributed by atoms with Gasteiger partial charge in [-0.05, 0) is 74.8 Å². The van der Waals surface area contributed by atoms with Crippen LogP contribution in [0.2, 0.25) is 0 Å². The van der Waals surface area contributed by atoms with Crippen LogP contribution >= 0.6 is 0 Å². The van der Waals surface area contributed by atoms with Gasteiger partial charge in [-0.3, -0.25) is 9.48 Å². The van der Waals surface area contributed by atoms with E-state index in [0.717, 1.165) is 67.7 Å². The van der Waals surface area contributed by atoms with Gasteiger partial charge >= 0.3 is 5.97 Å². The number of carbonyl (C=O) groups is 2. The number of fused-ring (bicyclic) bond motifs is 2. The minimum Gasteiger partial charge on any atom is -0.480 e. The van der Waals surface area contributed by atoms with Gasteiger partial charge in [0.05, 0.1) is 11.7 Å².